The number of aryl methyl sites for hydroxylation is 6. The summed E-state index contributed by atoms with van der Waals surface area (Å²) in [7, 11) is 5.72. The van der Waals surface area contributed by atoms with Crippen LogP contribution in [-0.4, -0.2) is 243 Å². The van der Waals surface area contributed by atoms with Gasteiger partial charge in [0.2, 0.25) is 17.7 Å². The zero-order chi connectivity index (χ0) is 92.3. The average molecular weight is 1770 g/mol. The van der Waals surface area contributed by atoms with Crippen LogP contribution < -0.4 is 21.3 Å². The van der Waals surface area contributed by atoms with E-state index in [1.807, 2.05) is 124 Å². The van der Waals surface area contributed by atoms with Gasteiger partial charge in [0.15, 0.2) is 0 Å². The zero-order valence-electron chi connectivity index (χ0n) is 74.9. The predicted octanol–water partition coefficient (Wildman–Crippen LogP) is 12.0. The summed E-state index contributed by atoms with van der Waals surface area (Å²) in [5, 5.41) is 10.2. The molecule has 678 valence electrons. The maximum atomic E-state index is 15.1. The highest BCUT2D eigenvalue weighted by Gasteiger charge is 2.34. The number of nitrogens with zero attached hydrogens (tertiary/aromatic N) is 12. The Morgan fingerprint density at radius 3 is 1.02 bits per heavy atom. The minimum atomic E-state index is -0.893. The van der Waals surface area contributed by atoms with Gasteiger partial charge in [0.1, 0.15) is 45.9 Å². The lowest BCUT2D eigenvalue weighted by Crippen LogP contribution is -2.46. The normalized spacial score (nSPS) is 16.3. The van der Waals surface area contributed by atoms with Crippen LogP contribution in [0.5, 0.6) is 0 Å². The summed E-state index contributed by atoms with van der Waals surface area (Å²) in [5.41, 5.74) is 16.6. The number of carbonyl (C=O) groups excluding carboxylic acids is 8. The Morgan fingerprint density at radius 1 is 0.395 bits per heavy atom. The highest BCUT2D eigenvalue weighted by molar-refractivity contribution is 5.97. The van der Waals surface area contributed by atoms with Gasteiger partial charge in [-0.2, -0.15) is 0 Å². The lowest BCUT2D eigenvalue weighted by atomic mass is 9.99. The summed E-state index contributed by atoms with van der Waals surface area (Å²) in [5.74, 6) is -4.71. The van der Waals surface area contributed by atoms with Crippen LogP contribution in [0.3, 0.4) is 0 Å². The number of hydrogen-bond donors (Lipinski definition) is 4. The number of ether oxygens (including phenoxy) is 5. The van der Waals surface area contributed by atoms with Gasteiger partial charge in [-0.3, -0.25) is 33.6 Å². The molecule has 8 amide bonds. The number of imidazole rings is 4. The molecule has 0 unspecified atom stereocenters. The van der Waals surface area contributed by atoms with Crippen molar-refractivity contribution in [2.45, 2.75) is 126 Å². The smallest absolute Gasteiger partial charge is 0.409 e. The van der Waals surface area contributed by atoms with E-state index in [4.69, 9.17) is 33.7 Å². The second-order valence-corrected chi connectivity index (χ2v) is 32.5. The Bertz CT molecular complexity index is 6210. The first-order chi connectivity index (χ1) is 61.9. The van der Waals surface area contributed by atoms with E-state index < -0.39 is 47.3 Å². The van der Waals surface area contributed by atoms with Crippen molar-refractivity contribution in [2.24, 2.45) is 0 Å². The Kier molecular flexibility index (Phi) is 29.9. The third kappa shape index (κ3) is 21.3. The molecule has 0 saturated carbocycles. The quantitative estimate of drug-likeness (QED) is 0.0580. The van der Waals surface area contributed by atoms with E-state index in [2.05, 4.69) is 78.1 Å². The molecule has 16 rings (SSSR count). The van der Waals surface area contributed by atoms with Gasteiger partial charge < -0.3 is 82.2 Å². The lowest BCUT2D eigenvalue weighted by Gasteiger charge is -2.33. The van der Waals surface area contributed by atoms with E-state index in [9.17, 15) is 38.4 Å². The molecule has 4 fully saturated rings. The SMILES string of the molecule is CCC(=O)N1CCO[C@@H](Cc2c(-c3ccc(C(=O)NC)cc3C)nc3cc(C)ccn23)C1.CCNC(=O)c1ccc(-c2nc3cc(C)ccn3c2C[C@H]2CN(C(C)=O)CCO2)c(C)c1.CNC(=O)c1cc(F)c(-c2nc3cc(C)ccn3c2C[C@@H]2CN(C(=O)OC)CCO2)c(F)c1.CNC(=O)c1cc(F)c(-c2nc3cc(C)ccn3c2C[C@H]2CN(C(C)=O)CCO2)c(F)c1. The van der Waals surface area contributed by atoms with Crippen LogP contribution in [0.4, 0.5) is 22.4 Å². The van der Waals surface area contributed by atoms with Gasteiger partial charge >= 0.3 is 6.09 Å². The van der Waals surface area contributed by atoms with Gasteiger partial charge in [-0.05, 0) is 179 Å². The molecule has 8 aromatic heterocycles. The number of amides is 8. The summed E-state index contributed by atoms with van der Waals surface area (Å²) in [6.07, 6.45) is 8.60. The van der Waals surface area contributed by atoms with Crippen molar-refractivity contribution in [1.29, 1.82) is 0 Å². The molecule has 0 aliphatic carbocycles. The van der Waals surface area contributed by atoms with Crippen LogP contribution in [0, 0.1) is 64.8 Å². The first-order valence-corrected chi connectivity index (χ1v) is 43.0. The largest absolute Gasteiger partial charge is 0.453 e. The molecule has 29 nitrogen and oxygen atoms in total. The van der Waals surface area contributed by atoms with Crippen molar-refractivity contribution >= 4 is 70.0 Å². The molecule has 0 spiro atoms. The number of morpholine rings is 4. The molecular formula is C96H108F4N16O13. The van der Waals surface area contributed by atoms with Crippen molar-refractivity contribution in [3.8, 4) is 45.0 Å². The standard InChI is InChI=1S/2C25H30N4O3.C23H24F2N4O4.C23H24F2N4O3/c1-5-23(30)28-10-11-32-19(15-28)14-21-24(27-22-12-16(2)8-9-29(21)22)20-7-6-18(13-17(20)3)25(31)26-4;1-5-26-25(31)19-6-7-21(17(3)13-19)24-22(29-9-8-16(2)12-23(29)27-24)14-20-15-28(18(4)30)10-11-32-20;1-13-4-5-29-18(11-15-12-28(6-7-33-15)23(31)32-3)21(27-19(29)8-13)20-16(24)9-14(10-17(20)25)22(30)26-2;1-13-4-5-29-19(11-16-12-28(14(2)30)6-7-32-16)22(27-20(29)8-13)21-17(24)9-15(10-18(21)25)23(31)26-3/h6-9,12-13,19H,5,10-11,14-15H2,1-4H3,(H,26,31);6-9,12-13,20H,5,10-11,14-15H2,1-4H3,(H,26,31);4-5,8-10,15H,6-7,11-12H2,1-3H3,(H,26,30);4-5,8-10,16H,6-7,11-12H2,1-3H3,(H,26,31)/t19-;20-;15-;16-/m0010/s1. The number of fused-ring (bicyclic) bond motifs is 4. The van der Waals surface area contributed by atoms with Gasteiger partial charge in [0, 0.05) is 178 Å². The van der Waals surface area contributed by atoms with Gasteiger partial charge in [-0.25, -0.2) is 42.3 Å². The van der Waals surface area contributed by atoms with Crippen LogP contribution in [0.15, 0.2) is 134 Å². The minimum Gasteiger partial charge on any atom is -0.453 e. The van der Waals surface area contributed by atoms with Crippen LogP contribution in [0.2, 0.25) is 0 Å². The molecule has 4 atom stereocenters. The van der Waals surface area contributed by atoms with Gasteiger partial charge in [0.05, 0.1) is 121 Å². The molecule has 4 aliphatic rings. The molecule has 4 saturated heterocycles. The van der Waals surface area contributed by atoms with E-state index in [-0.39, 0.29) is 94.5 Å². The van der Waals surface area contributed by atoms with Crippen molar-refractivity contribution in [2.75, 3.05) is 114 Å². The topological polar surface area (TPSA) is 313 Å². The number of pyridine rings is 4. The Morgan fingerprint density at radius 2 is 0.698 bits per heavy atom. The summed E-state index contributed by atoms with van der Waals surface area (Å²) in [6.45, 7) is 25.2. The molecule has 129 heavy (non-hydrogen) atoms. The fourth-order valence-electron chi connectivity index (χ4n) is 16.6. The van der Waals surface area contributed by atoms with Crippen LogP contribution in [0.25, 0.3) is 67.6 Å². The van der Waals surface area contributed by atoms with Crippen molar-refractivity contribution in [3.05, 3.63) is 236 Å². The minimum absolute atomic E-state index is 0.0471. The fraction of sp³-hybridized carbons (Fsp3) is 0.375. The monoisotopic (exact) mass is 1770 g/mol. The lowest BCUT2D eigenvalue weighted by molar-refractivity contribution is -0.138. The number of benzene rings is 4. The Hall–Kier alpha value is -13.2. The zero-order valence-corrected chi connectivity index (χ0v) is 74.9. The predicted molar refractivity (Wildman–Crippen MR) is 478 cm³/mol. The highest BCUT2D eigenvalue weighted by Crippen LogP contribution is 2.37. The maximum absolute atomic E-state index is 15.1. The van der Waals surface area contributed by atoms with E-state index in [1.54, 1.807) is 40.1 Å². The van der Waals surface area contributed by atoms with E-state index in [0.717, 1.165) is 103 Å². The van der Waals surface area contributed by atoms with E-state index in [0.29, 0.717) is 138 Å². The van der Waals surface area contributed by atoms with Crippen molar-refractivity contribution in [1.82, 2.24) is 78.4 Å². The Balaban J connectivity index is 0.000000147. The second-order valence-electron chi connectivity index (χ2n) is 32.5. The molecule has 4 N–H and O–H groups in total. The molecule has 12 aromatic rings. The molecule has 4 aromatic carbocycles. The third-order valence-corrected chi connectivity index (χ3v) is 23.3. The average Bonchev–Trinajstić information content (AvgIpc) is 1.63. The van der Waals surface area contributed by atoms with Crippen molar-refractivity contribution in [3.63, 3.8) is 0 Å². The molecule has 12 heterocycles. The second kappa shape index (κ2) is 41.2. The van der Waals surface area contributed by atoms with Gasteiger partial charge in [0.25, 0.3) is 23.6 Å². The van der Waals surface area contributed by atoms with E-state index in [1.165, 1.54) is 33.0 Å². The van der Waals surface area contributed by atoms with Crippen molar-refractivity contribution < 1.29 is 79.6 Å². The number of nitrogens with one attached hydrogen (secondary N) is 4. The molecule has 4 aliphatic heterocycles. The van der Waals surface area contributed by atoms with Crippen LogP contribution >= 0.6 is 0 Å². The molecular weight excluding hydrogens is 1660 g/mol. The number of aromatic nitrogens is 8. The van der Waals surface area contributed by atoms with Crippen LogP contribution in [-0.2, 0) is 63.8 Å². The summed E-state index contributed by atoms with van der Waals surface area (Å²) < 4.78 is 96.7. The maximum Gasteiger partial charge on any atom is 0.409 e. The first-order valence-electron chi connectivity index (χ1n) is 43.0. The molecule has 0 radical (unpaired) electrons. The summed E-state index contributed by atoms with van der Waals surface area (Å²) >= 11 is 0. The third-order valence-electron chi connectivity index (χ3n) is 23.3. The number of hydrogen-bond acceptors (Lipinski definition) is 17. The fourth-order valence-corrected chi connectivity index (χ4v) is 16.6. The van der Waals surface area contributed by atoms with Crippen LogP contribution in [0.1, 0.15) is 132 Å². The first kappa shape index (κ1) is 93.4. The summed E-state index contributed by atoms with van der Waals surface area (Å²) in [4.78, 5) is 122. The Labute approximate surface area is 744 Å². The number of rotatable bonds is 18. The molecule has 33 heteroatoms. The summed E-state index contributed by atoms with van der Waals surface area (Å²) in [6, 6.07) is 31.1. The van der Waals surface area contributed by atoms with E-state index >= 15 is 17.6 Å². The van der Waals surface area contributed by atoms with Gasteiger partial charge in [-0.1, -0.05) is 19.1 Å². The molecule has 0 bridgehead atoms. The number of halogens is 4. The number of methoxy groups -OCH3 is 1. The van der Waals surface area contributed by atoms with Gasteiger partial charge in [-0.15, -0.1) is 0 Å². The number of carbonyl (C=O) groups is 8. The highest BCUT2D eigenvalue weighted by atomic mass is 19.1.